The standard InChI is InChI=1S/C32H40N6O4/c1-32(2,3)29-22-30(37(31(33)41)25-10-12-27(13-11-25)42-28-14-16-34-17-15-28)38(35-29)26-8-6-24(7-9-26)23-36(18-4-20-39)19-5-21-40/h6-17,22,39-40H,4-5,18-21,23H2,1-3H3,(H2,33,41). The van der Waals surface area contributed by atoms with Gasteiger partial charge in [0.05, 0.1) is 17.1 Å². The Morgan fingerprint density at radius 2 is 1.50 bits per heavy atom. The lowest BCUT2D eigenvalue weighted by atomic mass is 9.92. The molecule has 0 aliphatic rings. The number of carbonyl (C=O) groups is 1. The first kappa shape index (κ1) is 30.7. The van der Waals surface area contributed by atoms with Crippen LogP contribution < -0.4 is 15.4 Å². The van der Waals surface area contributed by atoms with Gasteiger partial charge in [-0.3, -0.25) is 9.88 Å². The molecule has 222 valence electrons. The van der Waals surface area contributed by atoms with E-state index in [-0.39, 0.29) is 18.6 Å². The van der Waals surface area contributed by atoms with Crippen molar-refractivity contribution in [2.75, 3.05) is 31.2 Å². The number of aliphatic hydroxyl groups excluding tert-OH is 2. The van der Waals surface area contributed by atoms with Gasteiger partial charge in [0.25, 0.3) is 0 Å². The number of hydrogen-bond acceptors (Lipinski definition) is 7. The lowest BCUT2D eigenvalue weighted by Crippen LogP contribution is -2.33. The van der Waals surface area contributed by atoms with Gasteiger partial charge in [-0.2, -0.15) is 5.10 Å². The number of amides is 2. The smallest absolute Gasteiger partial charge is 0.325 e. The van der Waals surface area contributed by atoms with Crippen LogP contribution in [0.15, 0.2) is 79.1 Å². The fourth-order valence-corrected chi connectivity index (χ4v) is 4.52. The van der Waals surface area contributed by atoms with E-state index in [2.05, 4.69) is 30.7 Å². The van der Waals surface area contributed by atoms with Crippen molar-refractivity contribution in [1.82, 2.24) is 19.7 Å². The van der Waals surface area contributed by atoms with Gasteiger partial charge in [0.15, 0.2) is 0 Å². The third-order valence-corrected chi connectivity index (χ3v) is 6.74. The number of nitrogens with two attached hydrogens (primary N) is 1. The third-order valence-electron chi connectivity index (χ3n) is 6.74. The van der Waals surface area contributed by atoms with E-state index in [4.69, 9.17) is 15.6 Å². The first-order valence-corrected chi connectivity index (χ1v) is 14.1. The molecule has 2 heterocycles. The second kappa shape index (κ2) is 14.1. The number of pyridine rings is 1. The molecule has 4 rings (SSSR count). The number of aromatic nitrogens is 3. The van der Waals surface area contributed by atoms with Gasteiger partial charge in [-0.1, -0.05) is 32.9 Å². The van der Waals surface area contributed by atoms with Gasteiger partial charge in [0.1, 0.15) is 17.3 Å². The summed E-state index contributed by atoms with van der Waals surface area (Å²) in [6, 6.07) is 19.9. The molecule has 2 aromatic heterocycles. The van der Waals surface area contributed by atoms with Crippen molar-refractivity contribution in [3.8, 4) is 17.2 Å². The quantitative estimate of drug-likeness (QED) is 0.202. The zero-order chi connectivity index (χ0) is 30.1. The minimum atomic E-state index is -0.639. The van der Waals surface area contributed by atoms with Crippen LogP contribution in [0.2, 0.25) is 0 Å². The second-order valence-corrected chi connectivity index (χ2v) is 11.1. The molecule has 2 amide bonds. The average molecular weight is 573 g/mol. The van der Waals surface area contributed by atoms with Gasteiger partial charge in [-0.05, 0) is 66.9 Å². The van der Waals surface area contributed by atoms with Gasteiger partial charge in [-0.25, -0.2) is 14.4 Å². The fraction of sp³-hybridized carbons (Fsp3) is 0.344. The van der Waals surface area contributed by atoms with E-state index in [1.165, 1.54) is 4.90 Å². The van der Waals surface area contributed by atoms with Crippen LogP contribution >= 0.6 is 0 Å². The van der Waals surface area contributed by atoms with Crippen LogP contribution in [-0.2, 0) is 12.0 Å². The van der Waals surface area contributed by atoms with Crippen LogP contribution in [0.25, 0.3) is 5.69 Å². The molecule has 42 heavy (non-hydrogen) atoms. The summed E-state index contributed by atoms with van der Waals surface area (Å²) in [5.41, 5.74) is 8.94. The lowest BCUT2D eigenvalue weighted by molar-refractivity contribution is 0.196. The molecule has 0 fully saturated rings. The van der Waals surface area contributed by atoms with Crippen LogP contribution in [0, 0.1) is 0 Å². The Morgan fingerprint density at radius 1 is 0.905 bits per heavy atom. The number of nitrogens with zero attached hydrogens (tertiary/aromatic N) is 5. The highest BCUT2D eigenvalue weighted by Crippen LogP contribution is 2.34. The predicted octanol–water partition coefficient (Wildman–Crippen LogP) is 5.14. The molecule has 0 bridgehead atoms. The lowest BCUT2D eigenvalue weighted by Gasteiger charge is -2.23. The molecule has 10 heteroatoms. The molecule has 0 saturated carbocycles. The number of primary amides is 1. The molecule has 0 aliphatic carbocycles. The molecule has 0 atom stereocenters. The number of anilines is 2. The first-order chi connectivity index (χ1) is 20.2. The van der Waals surface area contributed by atoms with E-state index in [1.807, 2.05) is 30.3 Å². The van der Waals surface area contributed by atoms with E-state index in [0.717, 1.165) is 30.0 Å². The molecule has 4 N–H and O–H groups in total. The van der Waals surface area contributed by atoms with Crippen molar-refractivity contribution in [2.45, 2.75) is 45.6 Å². The Hall–Kier alpha value is -4.25. The van der Waals surface area contributed by atoms with Gasteiger partial charge in [-0.15, -0.1) is 0 Å². The third kappa shape index (κ3) is 7.94. The SMILES string of the molecule is CC(C)(C)c1cc(N(C(N)=O)c2ccc(Oc3ccncc3)cc2)n(-c2ccc(CN(CCCO)CCCO)cc2)n1. The maximum atomic E-state index is 12.9. The molecule has 0 aliphatic heterocycles. The zero-order valence-electron chi connectivity index (χ0n) is 24.5. The van der Waals surface area contributed by atoms with Crippen molar-refractivity contribution < 1.29 is 19.7 Å². The predicted molar refractivity (Wildman–Crippen MR) is 163 cm³/mol. The summed E-state index contributed by atoms with van der Waals surface area (Å²) in [5.74, 6) is 1.79. The first-order valence-electron chi connectivity index (χ1n) is 14.1. The van der Waals surface area contributed by atoms with Crippen LogP contribution in [0.1, 0.15) is 44.9 Å². The number of ether oxygens (including phenoxy) is 1. The van der Waals surface area contributed by atoms with E-state index < -0.39 is 6.03 Å². The zero-order valence-corrected chi connectivity index (χ0v) is 24.5. The maximum Gasteiger partial charge on any atom is 0.325 e. The highest BCUT2D eigenvalue weighted by molar-refractivity contribution is 5.98. The molecule has 4 aromatic rings. The van der Waals surface area contributed by atoms with Crippen molar-refractivity contribution in [1.29, 1.82) is 0 Å². The largest absolute Gasteiger partial charge is 0.457 e. The Balaban J connectivity index is 1.64. The Labute approximate surface area is 247 Å². The van der Waals surface area contributed by atoms with Crippen LogP contribution in [0.3, 0.4) is 0 Å². The van der Waals surface area contributed by atoms with E-state index >= 15 is 0 Å². The molecule has 0 spiro atoms. The monoisotopic (exact) mass is 572 g/mol. The number of carbonyl (C=O) groups excluding carboxylic acids is 1. The van der Waals surface area contributed by atoms with Crippen LogP contribution in [-0.4, -0.2) is 62.2 Å². The summed E-state index contributed by atoms with van der Waals surface area (Å²) in [4.78, 5) is 20.6. The normalized spacial score (nSPS) is 11.6. The molecule has 0 unspecified atom stereocenters. The molecule has 10 nitrogen and oxygen atoms in total. The van der Waals surface area contributed by atoms with Gasteiger partial charge in [0.2, 0.25) is 0 Å². The van der Waals surface area contributed by atoms with Gasteiger partial charge >= 0.3 is 6.03 Å². The summed E-state index contributed by atoms with van der Waals surface area (Å²) >= 11 is 0. The van der Waals surface area contributed by atoms with Crippen LogP contribution in [0.4, 0.5) is 16.3 Å². The Bertz CT molecular complexity index is 1410. The van der Waals surface area contributed by atoms with E-state index in [1.54, 1.807) is 53.5 Å². The molecular formula is C32H40N6O4. The number of urea groups is 1. The number of hydrogen-bond donors (Lipinski definition) is 3. The molecular weight excluding hydrogens is 532 g/mol. The Kier molecular flexibility index (Phi) is 10.3. The summed E-state index contributed by atoms with van der Waals surface area (Å²) in [6.07, 6.45) is 4.67. The summed E-state index contributed by atoms with van der Waals surface area (Å²) in [7, 11) is 0. The van der Waals surface area contributed by atoms with E-state index in [0.29, 0.717) is 42.4 Å². The number of aliphatic hydroxyl groups is 2. The summed E-state index contributed by atoms with van der Waals surface area (Å²) < 4.78 is 7.62. The minimum absolute atomic E-state index is 0.129. The van der Waals surface area contributed by atoms with Crippen molar-refractivity contribution in [3.05, 3.63) is 90.4 Å². The Morgan fingerprint density at radius 3 is 2.05 bits per heavy atom. The van der Waals surface area contributed by atoms with Gasteiger partial charge < -0.3 is 20.7 Å². The van der Waals surface area contributed by atoms with Crippen LogP contribution in [0.5, 0.6) is 11.5 Å². The minimum Gasteiger partial charge on any atom is -0.457 e. The summed E-state index contributed by atoms with van der Waals surface area (Å²) in [5, 5.41) is 23.4. The fourth-order valence-electron chi connectivity index (χ4n) is 4.52. The topological polar surface area (TPSA) is 130 Å². The average Bonchev–Trinajstić information content (AvgIpc) is 3.42. The van der Waals surface area contributed by atoms with Crippen molar-refractivity contribution >= 4 is 17.5 Å². The summed E-state index contributed by atoms with van der Waals surface area (Å²) in [6.45, 7) is 8.65. The highest BCUT2D eigenvalue weighted by atomic mass is 16.5. The molecule has 0 saturated heterocycles. The molecule has 0 radical (unpaired) electrons. The number of benzene rings is 2. The second-order valence-electron chi connectivity index (χ2n) is 11.1. The maximum absolute atomic E-state index is 12.9. The van der Waals surface area contributed by atoms with E-state index in [9.17, 15) is 15.0 Å². The highest BCUT2D eigenvalue weighted by Gasteiger charge is 2.26. The van der Waals surface area contributed by atoms with Crippen molar-refractivity contribution in [2.24, 2.45) is 5.73 Å². The van der Waals surface area contributed by atoms with Crippen molar-refractivity contribution in [3.63, 3.8) is 0 Å². The molecule has 2 aromatic carbocycles. The van der Waals surface area contributed by atoms with Gasteiger partial charge in [0, 0.05) is 56.7 Å². The number of rotatable bonds is 13.